The number of anilines is 1. The second-order valence-corrected chi connectivity index (χ2v) is 7.26. The quantitative estimate of drug-likeness (QED) is 0.434. The number of nitro benzene ring substituents is 1. The van der Waals surface area contributed by atoms with Gasteiger partial charge in [0.2, 0.25) is 5.91 Å². The van der Waals surface area contributed by atoms with Gasteiger partial charge in [-0.05, 0) is 41.1 Å². The third-order valence-electron chi connectivity index (χ3n) is 4.26. The predicted octanol–water partition coefficient (Wildman–Crippen LogP) is 2.96. The number of nitro groups is 1. The fraction of sp³-hybridized carbons (Fsp3) is 0.158. The van der Waals surface area contributed by atoms with E-state index >= 15 is 0 Å². The van der Waals surface area contributed by atoms with Gasteiger partial charge >= 0.3 is 0 Å². The first-order chi connectivity index (χ1) is 14.3. The van der Waals surface area contributed by atoms with E-state index in [0.717, 1.165) is 4.47 Å². The molecule has 11 heteroatoms. The van der Waals surface area contributed by atoms with Crippen LogP contribution in [0.4, 0.5) is 11.4 Å². The first kappa shape index (κ1) is 21.1. The van der Waals surface area contributed by atoms with E-state index in [9.17, 15) is 19.7 Å². The summed E-state index contributed by atoms with van der Waals surface area (Å²) in [7, 11) is 1.48. The van der Waals surface area contributed by atoms with E-state index in [1.165, 1.54) is 34.8 Å². The van der Waals surface area contributed by atoms with Crippen LogP contribution in [0.25, 0.3) is 5.69 Å². The Hall–Kier alpha value is -3.60. The topological polar surface area (TPSA) is 123 Å². The molecule has 0 fully saturated rings. The second kappa shape index (κ2) is 8.82. The van der Waals surface area contributed by atoms with E-state index in [-0.39, 0.29) is 23.8 Å². The van der Waals surface area contributed by atoms with Crippen molar-refractivity contribution in [2.45, 2.75) is 6.92 Å². The molecule has 0 aliphatic rings. The van der Waals surface area contributed by atoms with Gasteiger partial charge in [-0.3, -0.25) is 19.7 Å². The molecular formula is C19H17BrN6O4. The van der Waals surface area contributed by atoms with Gasteiger partial charge in [-0.1, -0.05) is 23.4 Å². The van der Waals surface area contributed by atoms with Crippen molar-refractivity contribution in [1.29, 1.82) is 0 Å². The fourth-order valence-corrected chi connectivity index (χ4v) is 3.11. The van der Waals surface area contributed by atoms with Gasteiger partial charge in [0.05, 0.1) is 28.5 Å². The molecule has 154 valence electrons. The highest BCUT2D eigenvalue weighted by Crippen LogP contribution is 2.21. The fourth-order valence-electron chi connectivity index (χ4n) is 2.73. The Labute approximate surface area is 179 Å². The summed E-state index contributed by atoms with van der Waals surface area (Å²) < 4.78 is 2.07. The number of hydrogen-bond donors (Lipinski definition) is 1. The monoisotopic (exact) mass is 472 g/mol. The molecule has 2 amide bonds. The zero-order chi connectivity index (χ0) is 21.8. The average molecular weight is 473 g/mol. The van der Waals surface area contributed by atoms with E-state index in [0.29, 0.717) is 17.1 Å². The summed E-state index contributed by atoms with van der Waals surface area (Å²) in [5.74, 6) is -0.868. The molecular weight excluding hydrogens is 456 g/mol. The van der Waals surface area contributed by atoms with Gasteiger partial charge in [-0.25, -0.2) is 4.68 Å². The number of benzene rings is 2. The van der Waals surface area contributed by atoms with Crippen LogP contribution in [-0.2, 0) is 4.79 Å². The molecule has 2 aromatic carbocycles. The number of nitrogens with one attached hydrogen (secondary N) is 1. The summed E-state index contributed by atoms with van der Waals surface area (Å²) in [5, 5.41) is 21.6. The van der Waals surface area contributed by atoms with Crippen LogP contribution in [0.1, 0.15) is 16.2 Å². The molecule has 10 nitrogen and oxygen atoms in total. The third-order valence-corrected chi connectivity index (χ3v) is 4.95. The molecule has 0 unspecified atom stereocenters. The van der Waals surface area contributed by atoms with Crippen molar-refractivity contribution in [3.05, 3.63) is 74.5 Å². The third kappa shape index (κ3) is 4.51. The zero-order valence-electron chi connectivity index (χ0n) is 16.1. The number of para-hydroxylation sites is 1. The van der Waals surface area contributed by atoms with Gasteiger partial charge in [0.15, 0.2) is 5.69 Å². The van der Waals surface area contributed by atoms with Crippen molar-refractivity contribution >= 4 is 39.1 Å². The smallest absolute Gasteiger partial charge is 0.276 e. The average Bonchev–Trinajstić information content (AvgIpc) is 3.10. The van der Waals surface area contributed by atoms with Gasteiger partial charge in [0, 0.05) is 23.7 Å². The molecule has 0 saturated carbocycles. The van der Waals surface area contributed by atoms with Gasteiger partial charge in [-0.15, -0.1) is 5.10 Å². The first-order valence-corrected chi connectivity index (χ1v) is 9.54. The van der Waals surface area contributed by atoms with Crippen molar-refractivity contribution in [3.8, 4) is 5.69 Å². The van der Waals surface area contributed by atoms with Crippen molar-refractivity contribution in [2.75, 3.05) is 18.9 Å². The van der Waals surface area contributed by atoms with E-state index in [4.69, 9.17) is 0 Å². The summed E-state index contributed by atoms with van der Waals surface area (Å²) >= 11 is 3.35. The van der Waals surface area contributed by atoms with Gasteiger partial charge in [0.1, 0.15) is 0 Å². The molecule has 0 bridgehead atoms. The lowest BCUT2D eigenvalue weighted by molar-refractivity contribution is -0.384. The number of aromatic nitrogens is 3. The number of nitrogens with zero attached hydrogens (tertiary/aromatic N) is 5. The van der Waals surface area contributed by atoms with Gasteiger partial charge < -0.3 is 10.2 Å². The minimum Gasteiger partial charge on any atom is -0.331 e. The number of halogens is 1. The van der Waals surface area contributed by atoms with E-state index in [1.807, 2.05) is 6.07 Å². The molecule has 1 heterocycles. The molecule has 3 aromatic rings. The summed E-state index contributed by atoms with van der Waals surface area (Å²) in [6, 6.07) is 13.0. The Morgan fingerprint density at radius 1 is 1.23 bits per heavy atom. The van der Waals surface area contributed by atoms with Crippen LogP contribution in [0.3, 0.4) is 0 Å². The number of carbonyl (C=O) groups is 2. The lowest BCUT2D eigenvalue weighted by Gasteiger charge is -2.16. The van der Waals surface area contributed by atoms with E-state index < -0.39 is 10.8 Å². The van der Waals surface area contributed by atoms with Crippen LogP contribution in [0.2, 0.25) is 0 Å². The molecule has 1 aromatic heterocycles. The van der Waals surface area contributed by atoms with Crippen LogP contribution in [0.5, 0.6) is 0 Å². The molecule has 30 heavy (non-hydrogen) atoms. The maximum absolute atomic E-state index is 12.8. The van der Waals surface area contributed by atoms with Crippen molar-refractivity contribution in [3.63, 3.8) is 0 Å². The highest BCUT2D eigenvalue weighted by molar-refractivity contribution is 9.10. The van der Waals surface area contributed by atoms with Gasteiger partial charge in [0.25, 0.3) is 11.6 Å². The van der Waals surface area contributed by atoms with Crippen LogP contribution in [0, 0.1) is 17.0 Å². The first-order valence-electron chi connectivity index (χ1n) is 8.75. The molecule has 0 saturated heterocycles. The van der Waals surface area contributed by atoms with Crippen LogP contribution in [0.15, 0.2) is 53.0 Å². The normalized spacial score (nSPS) is 10.5. The van der Waals surface area contributed by atoms with Crippen molar-refractivity contribution in [2.24, 2.45) is 0 Å². The SMILES string of the molecule is Cc1c(C(=O)N(C)CC(=O)Nc2ccccc2Br)nnn1-c1cccc([N+](=O)[O-])c1. The lowest BCUT2D eigenvalue weighted by atomic mass is 10.2. The number of carbonyl (C=O) groups excluding carboxylic acids is 2. The van der Waals surface area contributed by atoms with Crippen LogP contribution < -0.4 is 5.32 Å². The Balaban J connectivity index is 1.74. The molecule has 1 N–H and O–H groups in total. The molecule has 0 aliphatic heterocycles. The minimum atomic E-state index is -0.515. The largest absolute Gasteiger partial charge is 0.331 e. The standard InChI is InChI=1S/C19H17BrN6O4/c1-12-18(22-23-25(12)13-6-5-7-14(10-13)26(29)30)19(28)24(2)11-17(27)21-16-9-4-3-8-15(16)20/h3-10H,11H2,1-2H3,(H,21,27). The van der Waals surface area contributed by atoms with Crippen molar-refractivity contribution < 1.29 is 14.5 Å². The molecule has 3 rings (SSSR count). The zero-order valence-corrected chi connectivity index (χ0v) is 17.7. The summed E-state index contributed by atoms with van der Waals surface area (Å²) in [4.78, 5) is 36.7. The second-order valence-electron chi connectivity index (χ2n) is 6.40. The van der Waals surface area contributed by atoms with E-state index in [2.05, 4.69) is 31.6 Å². The molecule has 0 radical (unpaired) electrons. The van der Waals surface area contributed by atoms with Crippen LogP contribution >= 0.6 is 15.9 Å². The number of hydrogen-bond acceptors (Lipinski definition) is 6. The minimum absolute atomic E-state index is 0.0534. The van der Waals surface area contributed by atoms with Crippen molar-refractivity contribution in [1.82, 2.24) is 19.9 Å². The highest BCUT2D eigenvalue weighted by atomic mass is 79.9. The number of amides is 2. The summed E-state index contributed by atoms with van der Waals surface area (Å²) in [5.41, 5.74) is 1.35. The number of rotatable bonds is 6. The Bertz CT molecular complexity index is 1130. The Morgan fingerprint density at radius 2 is 1.97 bits per heavy atom. The van der Waals surface area contributed by atoms with Crippen LogP contribution in [-0.4, -0.2) is 50.2 Å². The predicted molar refractivity (Wildman–Crippen MR) is 112 cm³/mol. The Morgan fingerprint density at radius 3 is 2.67 bits per heavy atom. The maximum atomic E-state index is 12.8. The number of non-ortho nitro benzene ring substituents is 1. The summed E-state index contributed by atoms with van der Waals surface area (Å²) in [6.45, 7) is 1.43. The molecule has 0 atom stereocenters. The van der Waals surface area contributed by atoms with Gasteiger partial charge in [-0.2, -0.15) is 0 Å². The number of likely N-dealkylation sites (N-methyl/N-ethyl adjacent to an activating group) is 1. The lowest BCUT2D eigenvalue weighted by Crippen LogP contribution is -2.35. The molecule has 0 spiro atoms. The maximum Gasteiger partial charge on any atom is 0.276 e. The molecule has 0 aliphatic carbocycles. The highest BCUT2D eigenvalue weighted by Gasteiger charge is 2.23. The summed E-state index contributed by atoms with van der Waals surface area (Å²) in [6.07, 6.45) is 0. The van der Waals surface area contributed by atoms with E-state index in [1.54, 1.807) is 31.2 Å². The Kier molecular flexibility index (Phi) is 6.21.